The fraction of sp³-hybridized carbons (Fsp3) is 0.720. The van der Waals surface area contributed by atoms with Gasteiger partial charge in [0.05, 0.1) is 19.8 Å². The van der Waals surface area contributed by atoms with Crippen LogP contribution < -0.4 is 9.47 Å². The molecular weight excluding hydrogens is 394 g/mol. The van der Waals surface area contributed by atoms with Crippen molar-refractivity contribution in [1.29, 1.82) is 0 Å². The molecule has 2 aliphatic rings. The smallest absolute Gasteiger partial charge is 0.290 e. The third kappa shape index (κ3) is 8.69. The summed E-state index contributed by atoms with van der Waals surface area (Å²) in [5, 5.41) is 15.7. The van der Waals surface area contributed by atoms with Gasteiger partial charge < -0.3 is 19.7 Å². The van der Waals surface area contributed by atoms with E-state index in [1.165, 1.54) is 43.5 Å². The summed E-state index contributed by atoms with van der Waals surface area (Å²) in [5.41, 5.74) is 2.45. The van der Waals surface area contributed by atoms with E-state index in [9.17, 15) is 0 Å². The molecule has 178 valence electrons. The fourth-order valence-electron chi connectivity index (χ4n) is 4.31. The van der Waals surface area contributed by atoms with E-state index in [-0.39, 0.29) is 6.47 Å². The maximum atomic E-state index is 8.83. The highest BCUT2D eigenvalue weighted by atomic mass is 16.5. The highest BCUT2D eigenvalue weighted by Crippen LogP contribution is 2.43. The van der Waals surface area contributed by atoms with E-state index in [1.54, 1.807) is 28.1 Å². The Balaban J connectivity index is 0.000000455. The van der Waals surface area contributed by atoms with Crippen molar-refractivity contribution in [2.24, 2.45) is 11.8 Å². The highest BCUT2D eigenvalue weighted by molar-refractivity contribution is 5.49. The number of piperidine rings is 1. The Labute approximate surface area is 188 Å². The van der Waals surface area contributed by atoms with Gasteiger partial charge in [0.15, 0.2) is 11.5 Å². The first kappa shape index (κ1) is 27.2. The topological polar surface area (TPSA) is 79.2 Å². The fourth-order valence-corrected chi connectivity index (χ4v) is 4.31. The highest BCUT2D eigenvalue weighted by Gasteiger charge is 2.34. The van der Waals surface area contributed by atoms with Crippen molar-refractivity contribution in [3.05, 3.63) is 23.3 Å². The van der Waals surface area contributed by atoms with Crippen LogP contribution >= 0.6 is 0 Å². The Morgan fingerprint density at radius 1 is 1.19 bits per heavy atom. The van der Waals surface area contributed by atoms with Crippen LogP contribution in [0.2, 0.25) is 0 Å². The van der Waals surface area contributed by atoms with Crippen LogP contribution in [0, 0.1) is 11.8 Å². The minimum absolute atomic E-state index is 0.250. The van der Waals surface area contributed by atoms with Gasteiger partial charge >= 0.3 is 0 Å². The molecule has 0 aromatic heterocycles. The molecule has 31 heavy (non-hydrogen) atoms. The number of carbonyl (C=O) groups is 1. The first-order valence-corrected chi connectivity index (χ1v) is 11.4. The zero-order valence-corrected chi connectivity index (χ0v) is 20.5. The molecule has 6 nitrogen and oxygen atoms in total. The second kappa shape index (κ2) is 12.9. The molecule has 2 heterocycles. The quantitative estimate of drug-likeness (QED) is 0.636. The van der Waals surface area contributed by atoms with Gasteiger partial charge in [-0.15, -0.1) is 0 Å². The van der Waals surface area contributed by atoms with Gasteiger partial charge in [-0.1, -0.05) is 20.8 Å². The van der Waals surface area contributed by atoms with Crippen molar-refractivity contribution < 1.29 is 24.5 Å². The lowest BCUT2D eigenvalue weighted by atomic mass is 9.81. The van der Waals surface area contributed by atoms with Crippen molar-refractivity contribution in [1.82, 2.24) is 4.90 Å². The minimum atomic E-state index is -0.458. The molecular formula is C25H43NO5. The number of aliphatic hydroxyl groups is 1. The van der Waals surface area contributed by atoms with Crippen LogP contribution in [0.25, 0.3) is 0 Å². The molecule has 6 heteroatoms. The van der Waals surface area contributed by atoms with Gasteiger partial charge in [-0.05, 0) is 81.0 Å². The molecule has 0 aliphatic carbocycles. The summed E-state index contributed by atoms with van der Waals surface area (Å²) < 4.78 is 11.0. The van der Waals surface area contributed by atoms with E-state index in [2.05, 4.69) is 30.9 Å². The maximum absolute atomic E-state index is 8.83. The molecule has 0 spiro atoms. The average Bonchev–Trinajstić information content (AvgIpc) is 2.72. The lowest BCUT2D eigenvalue weighted by molar-refractivity contribution is -0.122. The van der Waals surface area contributed by atoms with E-state index < -0.39 is 5.60 Å². The van der Waals surface area contributed by atoms with Crippen molar-refractivity contribution in [3.8, 4) is 11.5 Å². The van der Waals surface area contributed by atoms with Gasteiger partial charge in [-0.2, -0.15) is 0 Å². The van der Waals surface area contributed by atoms with Crippen LogP contribution in [0.1, 0.15) is 77.5 Å². The molecule has 0 radical (unpaired) electrons. The molecule has 1 aromatic carbocycles. The Hall–Kier alpha value is -1.79. The largest absolute Gasteiger partial charge is 0.493 e. The van der Waals surface area contributed by atoms with Gasteiger partial charge in [-0.3, -0.25) is 9.69 Å². The van der Waals surface area contributed by atoms with Crippen LogP contribution in [0.5, 0.6) is 11.5 Å². The molecule has 2 N–H and O–H groups in total. The van der Waals surface area contributed by atoms with Crippen LogP contribution in [0.4, 0.5) is 0 Å². The molecule has 2 atom stereocenters. The second-order valence-corrected chi connectivity index (χ2v) is 9.51. The van der Waals surface area contributed by atoms with Crippen molar-refractivity contribution >= 4 is 6.47 Å². The number of benzene rings is 1. The predicted molar refractivity (Wildman–Crippen MR) is 125 cm³/mol. The number of hydrogen-bond donors (Lipinski definition) is 2. The summed E-state index contributed by atoms with van der Waals surface area (Å²) in [4.78, 5) is 11.1. The lowest BCUT2D eigenvalue weighted by Crippen LogP contribution is -2.42. The van der Waals surface area contributed by atoms with Crippen LogP contribution in [-0.2, 0) is 11.2 Å². The van der Waals surface area contributed by atoms with Gasteiger partial charge in [0, 0.05) is 19.1 Å². The normalized spacial score (nSPS) is 20.3. The molecule has 2 aliphatic heterocycles. The SMILES string of the molecule is CCC(C)(C)O.COc1cc2c(cc1OC)C1CCC(CC(C)C)CN1CC2.O=CO. The monoisotopic (exact) mass is 437 g/mol. The average molecular weight is 438 g/mol. The third-order valence-electron chi connectivity index (χ3n) is 6.12. The van der Waals surface area contributed by atoms with Crippen LogP contribution in [0.3, 0.4) is 0 Å². The lowest BCUT2D eigenvalue weighted by Gasteiger charge is -2.44. The Morgan fingerprint density at radius 2 is 1.74 bits per heavy atom. The van der Waals surface area contributed by atoms with E-state index in [4.69, 9.17) is 24.5 Å². The summed E-state index contributed by atoms with van der Waals surface area (Å²) in [7, 11) is 3.45. The molecule has 3 rings (SSSR count). The minimum Gasteiger partial charge on any atom is -0.493 e. The van der Waals surface area contributed by atoms with Crippen molar-refractivity contribution in [3.63, 3.8) is 0 Å². The molecule has 0 saturated carbocycles. The molecule has 1 aromatic rings. The van der Waals surface area contributed by atoms with Crippen molar-refractivity contribution in [2.75, 3.05) is 27.3 Å². The van der Waals surface area contributed by atoms with Crippen molar-refractivity contribution in [2.45, 2.75) is 78.4 Å². The Kier molecular flexibility index (Phi) is 11.4. The first-order valence-electron chi connectivity index (χ1n) is 11.4. The Bertz CT molecular complexity index is 669. The number of nitrogens with zero attached hydrogens (tertiary/aromatic N) is 1. The Morgan fingerprint density at radius 3 is 2.23 bits per heavy atom. The third-order valence-corrected chi connectivity index (χ3v) is 6.12. The summed E-state index contributed by atoms with van der Waals surface area (Å²) >= 11 is 0. The predicted octanol–water partition coefficient (Wildman–Crippen LogP) is 4.93. The maximum Gasteiger partial charge on any atom is 0.290 e. The van der Waals surface area contributed by atoms with E-state index >= 15 is 0 Å². The van der Waals surface area contributed by atoms with Gasteiger partial charge in [0.25, 0.3) is 6.47 Å². The molecule has 2 unspecified atom stereocenters. The number of rotatable bonds is 5. The number of ether oxygens (including phenoxy) is 2. The van der Waals surface area contributed by atoms with Gasteiger partial charge in [0.1, 0.15) is 0 Å². The number of fused-ring (bicyclic) bond motifs is 3. The number of methoxy groups -OCH3 is 2. The molecule has 0 amide bonds. The number of hydrogen-bond acceptors (Lipinski definition) is 5. The van der Waals surface area contributed by atoms with E-state index in [0.717, 1.165) is 36.2 Å². The molecule has 1 fully saturated rings. The summed E-state index contributed by atoms with van der Waals surface area (Å²) in [6.07, 6.45) is 5.95. The zero-order chi connectivity index (χ0) is 23.6. The van der Waals surface area contributed by atoms with E-state index in [1.807, 2.05) is 6.92 Å². The van der Waals surface area contributed by atoms with Crippen LogP contribution in [-0.4, -0.2) is 54.5 Å². The van der Waals surface area contributed by atoms with Gasteiger partial charge in [-0.25, -0.2) is 0 Å². The molecule has 0 bridgehead atoms. The standard InChI is InChI=1S/C19H29NO2.C5H12O.CH2O2/c1-13(2)9-14-5-6-17-16-11-19(22-4)18(21-3)10-15(16)7-8-20(17)12-14;1-4-5(2,3)6;2-1-3/h10-11,13-14,17H,5-9,12H2,1-4H3;6H,4H2,1-3H3;1H,(H,2,3). The first-order chi connectivity index (χ1) is 14.6. The summed E-state index contributed by atoms with van der Waals surface area (Å²) in [5.74, 6) is 3.41. The zero-order valence-electron chi connectivity index (χ0n) is 20.5. The second-order valence-electron chi connectivity index (χ2n) is 9.51. The molecule has 1 saturated heterocycles. The van der Waals surface area contributed by atoms with Crippen LogP contribution in [0.15, 0.2) is 12.1 Å². The van der Waals surface area contributed by atoms with Gasteiger partial charge in [0.2, 0.25) is 0 Å². The summed E-state index contributed by atoms with van der Waals surface area (Å²) in [6, 6.07) is 4.98. The van der Waals surface area contributed by atoms with E-state index in [0.29, 0.717) is 6.04 Å². The summed E-state index contributed by atoms with van der Waals surface area (Å²) in [6.45, 7) is 12.4. The number of carboxylic acid groups (broad SMARTS) is 1.